The highest BCUT2D eigenvalue weighted by Crippen LogP contribution is 2.33. The Morgan fingerprint density at radius 2 is 1.75 bits per heavy atom. The van der Waals surface area contributed by atoms with Crippen LogP contribution in [0.1, 0.15) is 81.1 Å². The average molecular weight is 612 g/mol. The Balaban J connectivity index is 1.41. The molecule has 0 aliphatic heterocycles. The standard InChI is InChI=1S/C31H45N7O6/c1-3-14-34-31(44)28(41)23(18-21-12-13-21)36-25(39)11-7-8-17-38(2)26(40)20-35-30(43)27(22-9-5-4-6-10-22)37-29(42)24-19-32-15-16-33-24/h3,15-16,19,21-23,27H,1,4-14,17-18,20H2,2H3,(H,34,44)(H,35,43)(H,36,39)(H,37,42). The highest BCUT2D eigenvalue weighted by molar-refractivity contribution is 6.38. The van der Waals surface area contributed by atoms with E-state index in [0.29, 0.717) is 31.7 Å². The number of ketones is 1. The lowest BCUT2D eigenvalue weighted by Gasteiger charge is -2.30. The molecule has 5 amide bonds. The molecule has 44 heavy (non-hydrogen) atoms. The minimum Gasteiger partial charge on any atom is -0.346 e. The number of rotatable bonds is 18. The Morgan fingerprint density at radius 3 is 2.41 bits per heavy atom. The minimum atomic E-state index is -0.851. The van der Waals surface area contributed by atoms with Crippen molar-refractivity contribution in [2.24, 2.45) is 11.8 Å². The van der Waals surface area contributed by atoms with E-state index in [4.69, 9.17) is 0 Å². The molecule has 2 aliphatic carbocycles. The maximum absolute atomic E-state index is 13.1. The van der Waals surface area contributed by atoms with Crippen molar-refractivity contribution in [3.63, 3.8) is 0 Å². The number of carbonyl (C=O) groups excluding carboxylic acids is 6. The van der Waals surface area contributed by atoms with Gasteiger partial charge in [-0.25, -0.2) is 4.98 Å². The first kappa shape index (κ1) is 34.3. The van der Waals surface area contributed by atoms with E-state index in [1.807, 2.05) is 0 Å². The monoisotopic (exact) mass is 611 g/mol. The zero-order chi connectivity index (χ0) is 31.9. The summed E-state index contributed by atoms with van der Waals surface area (Å²) in [6, 6.07) is -1.64. The van der Waals surface area contributed by atoms with Crippen LogP contribution in [0.5, 0.6) is 0 Å². The van der Waals surface area contributed by atoms with Gasteiger partial charge < -0.3 is 26.2 Å². The molecule has 13 heteroatoms. The van der Waals surface area contributed by atoms with Crippen molar-refractivity contribution < 1.29 is 28.8 Å². The van der Waals surface area contributed by atoms with Crippen molar-refractivity contribution in [1.82, 2.24) is 36.1 Å². The van der Waals surface area contributed by atoms with E-state index in [1.54, 1.807) is 7.05 Å². The maximum Gasteiger partial charge on any atom is 0.289 e. The second-order valence-corrected chi connectivity index (χ2v) is 11.6. The second-order valence-electron chi connectivity index (χ2n) is 11.6. The molecule has 0 bridgehead atoms. The lowest BCUT2D eigenvalue weighted by atomic mass is 9.83. The quantitative estimate of drug-likeness (QED) is 0.108. The molecule has 0 saturated heterocycles. The number of unbranched alkanes of at least 4 members (excludes halogenated alkanes) is 1. The van der Waals surface area contributed by atoms with Gasteiger partial charge in [0.1, 0.15) is 11.7 Å². The first-order valence-electron chi connectivity index (χ1n) is 15.5. The predicted molar refractivity (Wildman–Crippen MR) is 162 cm³/mol. The molecule has 0 radical (unpaired) electrons. The number of amides is 5. The van der Waals surface area contributed by atoms with E-state index >= 15 is 0 Å². The molecule has 1 heterocycles. The van der Waals surface area contributed by atoms with E-state index in [0.717, 1.165) is 44.9 Å². The molecule has 3 rings (SSSR count). The number of hydrogen-bond acceptors (Lipinski definition) is 8. The fourth-order valence-corrected chi connectivity index (χ4v) is 5.26. The van der Waals surface area contributed by atoms with Gasteiger partial charge in [0.2, 0.25) is 23.5 Å². The summed E-state index contributed by atoms with van der Waals surface area (Å²) in [5.74, 6) is -2.62. The molecule has 2 fully saturated rings. The fourth-order valence-electron chi connectivity index (χ4n) is 5.26. The van der Waals surface area contributed by atoms with Gasteiger partial charge in [-0.15, -0.1) is 6.58 Å². The first-order valence-corrected chi connectivity index (χ1v) is 15.5. The summed E-state index contributed by atoms with van der Waals surface area (Å²) in [5.41, 5.74) is 0.115. The van der Waals surface area contributed by atoms with Crippen LogP contribution in [0.3, 0.4) is 0 Å². The number of aromatic nitrogens is 2. The Labute approximate surface area is 258 Å². The number of nitrogens with one attached hydrogen (secondary N) is 4. The number of carbonyl (C=O) groups is 6. The Bertz CT molecular complexity index is 1170. The average Bonchev–Trinajstić information content (AvgIpc) is 3.87. The van der Waals surface area contributed by atoms with Gasteiger partial charge >= 0.3 is 0 Å². The van der Waals surface area contributed by atoms with Gasteiger partial charge in [-0.2, -0.15) is 0 Å². The van der Waals surface area contributed by atoms with Crippen LogP contribution in [0.25, 0.3) is 0 Å². The van der Waals surface area contributed by atoms with Gasteiger partial charge in [0.15, 0.2) is 0 Å². The molecule has 13 nitrogen and oxygen atoms in total. The molecule has 1 aromatic rings. The van der Waals surface area contributed by atoms with Crippen LogP contribution in [0.2, 0.25) is 0 Å². The third kappa shape index (κ3) is 11.5. The van der Waals surface area contributed by atoms with Gasteiger partial charge in [0.05, 0.1) is 18.8 Å². The Hall–Kier alpha value is -4.16. The summed E-state index contributed by atoms with van der Waals surface area (Å²) >= 11 is 0. The number of Topliss-reactive ketones (excluding diaryl/α,β-unsaturated/α-hetero) is 1. The predicted octanol–water partition coefficient (Wildman–Crippen LogP) is 1.06. The van der Waals surface area contributed by atoms with E-state index < -0.39 is 35.6 Å². The van der Waals surface area contributed by atoms with E-state index in [1.165, 1.54) is 29.6 Å². The molecule has 2 aliphatic rings. The van der Waals surface area contributed by atoms with Crippen molar-refractivity contribution in [2.45, 2.75) is 82.7 Å². The molecule has 0 spiro atoms. The Morgan fingerprint density at radius 1 is 1.00 bits per heavy atom. The van der Waals surface area contributed by atoms with Crippen LogP contribution < -0.4 is 21.3 Å². The van der Waals surface area contributed by atoms with E-state index in [-0.39, 0.29) is 42.9 Å². The van der Waals surface area contributed by atoms with Crippen molar-refractivity contribution in [3.05, 3.63) is 36.9 Å². The molecule has 0 aromatic carbocycles. The summed E-state index contributed by atoms with van der Waals surface area (Å²) in [4.78, 5) is 85.2. The van der Waals surface area contributed by atoms with E-state index in [2.05, 4.69) is 37.8 Å². The molecular weight excluding hydrogens is 566 g/mol. The summed E-state index contributed by atoms with van der Waals surface area (Å²) < 4.78 is 0. The smallest absolute Gasteiger partial charge is 0.289 e. The van der Waals surface area contributed by atoms with Crippen molar-refractivity contribution in [3.8, 4) is 0 Å². The van der Waals surface area contributed by atoms with Gasteiger partial charge in [-0.1, -0.05) is 38.2 Å². The Kier molecular flexibility index (Phi) is 13.9. The van der Waals surface area contributed by atoms with Crippen molar-refractivity contribution >= 4 is 35.3 Å². The van der Waals surface area contributed by atoms with Gasteiger partial charge in [0.25, 0.3) is 11.8 Å². The first-order chi connectivity index (χ1) is 21.2. The zero-order valence-electron chi connectivity index (χ0n) is 25.5. The summed E-state index contributed by atoms with van der Waals surface area (Å²) in [6.07, 6.45) is 13.9. The lowest BCUT2D eigenvalue weighted by Crippen LogP contribution is -2.53. The third-order valence-electron chi connectivity index (χ3n) is 8.02. The van der Waals surface area contributed by atoms with E-state index in [9.17, 15) is 28.8 Å². The molecule has 1 aromatic heterocycles. The second kappa shape index (κ2) is 17.8. The lowest BCUT2D eigenvalue weighted by molar-refractivity contribution is -0.140. The van der Waals surface area contributed by atoms with Crippen molar-refractivity contribution in [1.29, 1.82) is 0 Å². The topological polar surface area (TPSA) is 180 Å². The highest BCUT2D eigenvalue weighted by atomic mass is 16.2. The van der Waals surface area contributed by atoms with Gasteiger partial charge in [-0.05, 0) is 43.9 Å². The minimum absolute atomic E-state index is 0.0379. The number of likely N-dealkylation sites (N-methyl/N-ethyl adjacent to an activating group) is 1. The molecule has 240 valence electrons. The summed E-state index contributed by atoms with van der Waals surface area (Å²) in [6.45, 7) is 3.83. The van der Waals surface area contributed by atoms with Crippen LogP contribution in [0, 0.1) is 11.8 Å². The molecule has 2 saturated carbocycles. The summed E-state index contributed by atoms with van der Waals surface area (Å²) in [7, 11) is 1.62. The SMILES string of the molecule is C=CCNC(=O)C(=O)C(CC1CC1)NC(=O)CCCCN(C)C(=O)CNC(=O)C(NC(=O)c1cnccn1)C1CCCCC1. The molecule has 2 unspecified atom stereocenters. The van der Waals surface area contributed by atoms with Crippen LogP contribution in [0.15, 0.2) is 31.2 Å². The zero-order valence-corrected chi connectivity index (χ0v) is 25.5. The maximum atomic E-state index is 13.1. The largest absolute Gasteiger partial charge is 0.346 e. The fraction of sp³-hybridized carbons (Fsp3) is 0.613. The van der Waals surface area contributed by atoms with Crippen LogP contribution in [0.4, 0.5) is 0 Å². The number of hydrogen-bond donors (Lipinski definition) is 4. The van der Waals surface area contributed by atoms with Crippen LogP contribution in [-0.2, 0) is 24.0 Å². The summed E-state index contributed by atoms with van der Waals surface area (Å²) in [5, 5.41) is 10.7. The number of nitrogens with zero attached hydrogens (tertiary/aromatic N) is 3. The molecular formula is C31H45N7O6. The highest BCUT2D eigenvalue weighted by Gasteiger charge is 2.34. The van der Waals surface area contributed by atoms with Crippen molar-refractivity contribution in [2.75, 3.05) is 26.7 Å². The third-order valence-corrected chi connectivity index (χ3v) is 8.02. The van der Waals surface area contributed by atoms with Crippen LogP contribution >= 0.6 is 0 Å². The normalized spacial score (nSPS) is 16.1. The molecule has 2 atom stereocenters. The van der Waals surface area contributed by atoms with Crippen LogP contribution in [-0.4, -0.2) is 89.0 Å². The van der Waals surface area contributed by atoms with Gasteiger partial charge in [0, 0.05) is 39.0 Å². The molecule has 4 N–H and O–H groups in total. The van der Waals surface area contributed by atoms with Gasteiger partial charge in [-0.3, -0.25) is 33.8 Å².